The van der Waals surface area contributed by atoms with Gasteiger partial charge in [-0.25, -0.2) is 0 Å². The zero-order chi connectivity index (χ0) is 26.1. The lowest BCUT2D eigenvalue weighted by Crippen LogP contribution is -2.83. The maximum atomic E-state index is 6.50. The molecule has 0 heterocycles. The first kappa shape index (κ1) is 34.5. The molecular formula is C20H47O10Si4. The summed E-state index contributed by atoms with van der Waals surface area (Å²) in [6.07, 6.45) is 0. The van der Waals surface area contributed by atoms with E-state index in [2.05, 4.69) is 10.5 Å². The largest absolute Gasteiger partial charge is 0.519 e. The summed E-state index contributed by atoms with van der Waals surface area (Å²) in [5.41, 5.74) is 0. The number of hydrogen-bond acceptors (Lipinski definition) is 10. The Morgan fingerprint density at radius 2 is 0.588 bits per heavy atom. The lowest BCUT2D eigenvalue weighted by Gasteiger charge is -2.55. The summed E-state index contributed by atoms with van der Waals surface area (Å²) in [5, 5.41) is 0. The van der Waals surface area contributed by atoms with Gasteiger partial charge >= 0.3 is 26.4 Å². The number of rotatable bonds is 23. The van der Waals surface area contributed by atoms with E-state index in [1.54, 1.807) is 0 Å². The van der Waals surface area contributed by atoms with Gasteiger partial charge in [-0.2, -0.15) is 0 Å². The summed E-state index contributed by atoms with van der Waals surface area (Å²) in [6, 6.07) is 0. The minimum Gasteiger partial charge on any atom is -0.418 e. The average Bonchev–Trinajstić information content (AvgIpc) is 2.78. The molecule has 0 aromatic carbocycles. The molecule has 0 aliphatic carbocycles. The molecule has 10 nitrogen and oxygen atoms in total. The van der Waals surface area contributed by atoms with Crippen LogP contribution in [0.5, 0.6) is 0 Å². The van der Waals surface area contributed by atoms with E-state index in [-0.39, 0.29) is 6.61 Å². The fourth-order valence-electron chi connectivity index (χ4n) is 4.13. The van der Waals surface area contributed by atoms with Crippen LogP contribution >= 0.6 is 0 Å². The molecule has 0 N–H and O–H groups in total. The molecule has 34 heavy (non-hydrogen) atoms. The highest BCUT2D eigenvalue weighted by Gasteiger charge is 2.90. The van der Waals surface area contributed by atoms with Crippen molar-refractivity contribution in [2.45, 2.75) is 66.6 Å². The Bertz CT molecular complexity index is 402. The van der Waals surface area contributed by atoms with Crippen LogP contribution in [0.4, 0.5) is 0 Å². The van der Waals surface area contributed by atoms with Crippen LogP contribution in [-0.4, -0.2) is 103 Å². The molecule has 0 aromatic heterocycles. The Labute approximate surface area is 213 Å². The lowest BCUT2D eigenvalue weighted by molar-refractivity contribution is -0.0191. The third-order valence-electron chi connectivity index (χ3n) is 4.87. The Morgan fingerprint density at radius 1 is 0.412 bits per heavy atom. The second kappa shape index (κ2) is 17.8. The van der Waals surface area contributed by atoms with Crippen molar-refractivity contribution in [3.63, 3.8) is 0 Å². The van der Waals surface area contributed by atoms with Crippen molar-refractivity contribution >= 4 is 36.9 Å². The Kier molecular flexibility index (Phi) is 18.1. The van der Waals surface area contributed by atoms with Crippen LogP contribution in [0.15, 0.2) is 0 Å². The van der Waals surface area contributed by atoms with Gasteiger partial charge in [-0.15, -0.1) is 0 Å². The first-order valence-electron chi connectivity index (χ1n) is 12.4. The smallest absolute Gasteiger partial charge is 0.418 e. The van der Waals surface area contributed by atoms with Gasteiger partial charge < -0.3 is 44.3 Å². The van der Waals surface area contributed by atoms with Crippen molar-refractivity contribution in [2.24, 2.45) is 0 Å². The first-order chi connectivity index (χ1) is 16.4. The van der Waals surface area contributed by atoms with E-state index in [9.17, 15) is 0 Å². The molecule has 0 aliphatic rings. The van der Waals surface area contributed by atoms with Crippen molar-refractivity contribution in [3.05, 3.63) is 0 Å². The molecule has 0 fully saturated rings. The first-order valence-corrected chi connectivity index (χ1v) is 18.0. The van der Waals surface area contributed by atoms with Crippen molar-refractivity contribution < 1.29 is 44.3 Å². The molecule has 0 aliphatic heterocycles. The van der Waals surface area contributed by atoms with Crippen LogP contribution in [0.1, 0.15) is 62.3 Å². The van der Waals surface area contributed by atoms with Crippen molar-refractivity contribution in [1.29, 1.82) is 0 Å². The van der Waals surface area contributed by atoms with E-state index in [1.165, 1.54) is 0 Å². The molecule has 0 aromatic rings. The Hall–Kier alpha value is 0.468. The fourth-order valence-corrected chi connectivity index (χ4v) is 20.3. The van der Waals surface area contributed by atoms with E-state index in [4.69, 9.17) is 44.3 Å². The quantitative estimate of drug-likeness (QED) is 0.174. The van der Waals surface area contributed by atoms with Crippen LogP contribution in [0.25, 0.3) is 0 Å². The average molecular weight is 560 g/mol. The SMILES string of the molecule is CCO[Si](OCC)(OCC)C(CO[Si])([Si](OCC)(OCC)OCC)[Si](OCC)(OCC)OCC. The van der Waals surface area contributed by atoms with Gasteiger partial charge in [-0.3, -0.25) is 0 Å². The minimum atomic E-state index is -3.87. The summed E-state index contributed by atoms with van der Waals surface area (Å²) in [6.45, 7) is 19.6. The van der Waals surface area contributed by atoms with Gasteiger partial charge in [0.25, 0.3) is 0 Å². The normalized spacial score (nSPS) is 13.6. The Balaban J connectivity index is 8.04. The molecule has 0 bridgehead atoms. The highest BCUT2D eigenvalue weighted by Crippen LogP contribution is 2.57. The highest BCUT2D eigenvalue weighted by atomic mass is 28.5. The molecule has 0 amide bonds. The molecule has 0 unspecified atom stereocenters. The van der Waals surface area contributed by atoms with Gasteiger partial charge in [-0.05, 0) is 62.3 Å². The highest BCUT2D eigenvalue weighted by molar-refractivity contribution is 7.02. The predicted octanol–water partition coefficient (Wildman–Crippen LogP) is 3.05. The van der Waals surface area contributed by atoms with Crippen molar-refractivity contribution in [1.82, 2.24) is 0 Å². The predicted molar refractivity (Wildman–Crippen MR) is 136 cm³/mol. The Morgan fingerprint density at radius 3 is 0.706 bits per heavy atom. The lowest BCUT2D eigenvalue weighted by atomic mass is 10.8. The van der Waals surface area contributed by atoms with Gasteiger partial charge in [0, 0.05) is 59.5 Å². The van der Waals surface area contributed by atoms with E-state index in [1.807, 2.05) is 62.3 Å². The standard InChI is InChI=1S/C20H47O10Si4/c1-10-22-32(23-11-2,24-12-3)20(19-21-31,33(25-13-4,26-14-5)27-15-6)34(28-16-7,29-17-8)30-18-9/h10-19H2,1-9H3. The van der Waals surface area contributed by atoms with Crippen LogP contribution in [0.2, 0.25) is 4.28 Å². The fraction of sp³-hybridized carbons (Fsp3) is 1.00. The second-order valence-corrected chi connectivity index (χ2v) is 17.0. The van der Waals surface area contributed by atoms with Gasteiger partial charge in [0.15, 0.2) is 0 Å². The molecule has 0 spiro atoms. The molecular weight excluding hydrogens is 513 g/mol. The number of hydrogen-bond donors (Lipinski definition) is 0. The van der Waals surface area contributed by atoms with Gasteiger partial charge in [0.05, 0.1) is 6.61 Å². The third-order valence-corrected chi connectivity index (χ3v) is 20.1. The molecule has 203 valence electrons. The molecule has 0 atom stereocenters. The van der Waals surface area contributed by atoms with Crippen LogP contribution < -0.4 is 0 Å². The van der Waals surface area contributed by atoms with Crippen molar-refractivity contribution in [2.75, 3.05) is 66.1 Å². The molecule has 14 heteroatoms. The summed E-state index contributed by atoms with van der Waals surface area (Å²) in [5.74, 6) is 0. The molecule has 3 radical (unpaired) electrons. The summed E-state index contributed by atoms with van der Waals surface area (Å²) < 4.78 is 62.8. The van der Waals surface area contributed by atoms with Gasteiger partial charge in [0.2, 0.25) is 14.8 Å². The van der Waals surface area contributed by atoms with E-state index in [0.717, 1.165) is 0 Å². The van der Waals surface area contributed by atoms with Crippen molar-refractivity contribution in [3.8, 4) is 0 Å². The zero-order valence-electron chi connectivity index (χ0n) is 22.7. The molecule has 0 saturated heterocycles. The molecule has 0 saturated carbocycles. The second-order valence-electron chi connectivity index (χ2n) is 6.76. The monoisotopic (exact) mass is 559 g/mol. The molecule has 0 rings (SSSR count). The van der Waals surface area contributed by atoms with Crippen LogP contribution in [-0.2, 0) is 44.3 Å². The summed E-state index contributed by atoms with van der Waals surface area (Å²) >= 11 is 0. The summed E-state index contributed by atoms with van der Waals surface area (Å²) in [4.78, 5) is 0. The van der Waals surface area contributed by atoms with Crippen LogP contribution in [0, 0.1) is 0 Å². The maximum Gasteiger partial charge on any atom is 0.519 e. The van der Waals surface area contributed by atoms with E-state index in [0.29, 0.717) is 59.5 Å². The van der Waals surface area contributed by atoms with E-state index < -0.39 is 30.7 Å². The van der Waals surface area contributed by atoms with Crippen LogP contribution in [0.3, 0.4) is 0 Å². The zero-order valence-corrected chi connectivity index (χ0v) is 26.7. The maximum absolute atomic E-state index is 6.50. The topological polar surface area (TPSA) is 92.3 Å². The summed E-state index contributed by atoms with van der Waals surface area (Å²) in [7, 11) is -8.37. The van der Waals surface area contributed by atoms with E-state index >= 15 is 0 Å². The van der Waals surface area contributed by atoms with Gasteiger partial charge in [0.1, 0.15) is 0 Å². The third kappa shape index (κ3) is 7.06. The minimum absolute atomic E-state index is 0.0610. The van der Waals surface area contributed by atoms with Gasteiger partial charge in [-0.1, -0.05) is 0 Å².